The minimum atomic E-state index is 0.0229. The van der Waals surface area contributed by atoms with E-state index in [4.69, 9.17) is 0 Å². The van der Waals surface area contributed by atoms with E-state index in [1.807, 2.05) is 16.8 Å². The number of carbonyl (C=O) groups is 1. The second kappa shape index (κ2) is 6.98. The van der Waals surface area contributed by atoms with Gasteiger partial charge >= 0.3 is 0 Å². The van der Waals surface area contributed by atoms with E-state index in [1.165, 1.54) is 0 Å². The zero-order valence-corrected chi connectivity index (χ0v) is 13.3. The minimum Gasteiger partial charge on any atom is -0.348 e. The van der Waals surface area contributed by atoms with Gasteiger partial charge in [0.1, 0.15) is 5.69 Å². The summed E-state index contributed by atoms with van der Waals surface area (Å²) in [6, 6.07) is 2.12. The molecule has 1 rings (SSSR count). The van der Waals surface area contributed by atoms with Crippen LogP contribution in [0.25, 0.3) is 0 Å². The number of aryl methyl sites for hydroxylation is 1. The van der Waals surface area contributed by atoms with Gasteiger partial charge in [0.2, 0.25) is 0 Å². The summed E-state index contributed by atoms with van der Waals surface area (Å²) in [6.07, 6.45) is 3.94. The fourth-order valence-electron chi connectivity index (χ4n) is 2.07. The first-order valence-electron chi connectivity index (χ1n) is 6.66. The number of aromatic nitrogens is 1. The predicted molar refractivity (Wildman–Crippen MR) is 78.8 cm³/mol. The molecule has 1 amide bonds. The molecule has 0 fully saturated rings. The molecule has 0 aliphatic rings. The van der Waals surface area contributed by atoms with Gasteiger partial charge in [0, 0.05) is 23.3 Å². The van der Waals surface area contributed by atoms with Crippen molar-refractivity contribution in [2.75, 3.05) is 0 Å². The SMILES string of the molecule is CCCn1cc(Br)cc1C(=O)NC(CC)C(C)C. The number of rotatable bonds is 6. The van der Waals surface area contributed by atoms with Gasteiger partial charge in [-0.05, 0) is 40.8 Å². The van der Waals surface area contributed by atoms with Crippen LogP contribution >= 0.6 is 15.9 Å². The molecule has 1 unspecified atom stereocenters. The third-order valence-electron chi connectivity index (χ3n) is 3.12. The Morgan fingerprint density at radius 2 is 2.11 bits per heavy atom. The number of hydrogen-bond donors (Lipinski definition) is 1. The van der Waals surface area contributed by atoms with Crippen LogP contribution < -0.4 is 5.32 Å². The standard InChI is InChI=1S/C14H23BrN2O/c1-5-7-17-9-11(15)8-13(17)14(18)16-12(6-2)10(3)4/h8-10,12H,5-7H2,1-4H3,(H,16,18). The number of halogens is 1. The van der Waals surface area contributed by atoms with E-state index in [2.05, 4.69) is 48.9 Å². The topological polar surface area (TPSA) is 34.0 Å². The van der Waals surface area contributed by atoms with Crippen molar-refractivity contribution in [3.8, 4) is 0 Å². The van der Waals surface area contributed by atoms with Gasteiger partial charge in [0.05, 0.1) is 0 Å². The summed E-state index contributed by atoms with van der Waals surface area (Å²) >= 11 is 3.43. The van der Waals surface area contributed by atoms with Gasteiger partial charge in [0.15, 0.2) is 0 Å². The van der Waals surface area contributed by atoms with Crippen molar-refractivity contribution < 1.29 is 4.79 Å². The van der Waals surface area contributed by atoms with Gasteiger partial charge in [0.25, 0.3) is 5.91 Å². The zero-order chi connectivity index (χ0) is 13.7. The van der Waals surface area contributed by atoms with E-state index < -0.39 is 0 Å². The van der Waals surface area contributed by atoms with Gasteiger partial charge in [-0.1, -0.05) is 27.7 Å². The van der Waals surface area contributed by atoms with E-state index in [1.54, 1.807) is 0 Å². The molecule has 1 atom stereocenters. The predicted octanol–water partition coefficient (Wildman–Crippen LogP) is 3.83. The monoisotopic (exact) mass is 314 g/mol. The van der Waals surface area contributed by atoms with Crippen LogP contribution in [0.1, 0.15) is 51.0 Å². The molecule has 0 saturated carbocycles. The molecule has 0 aliphatic heterocycles. The van der Waals surface area contributed by atoms with Crippen LogP contribution in [0.4, 0.5) is 0 Å². The van der Waals surface area contributed by atoms with Gasteiger partial charge in [-0.2, -0.15) is 0 Å². The van der Waals surface area contributed by atoms with Crippen molar-refractivity contribution in [1.29, 1.82) is 0 Å². The first-order valence-corrected chi connectivity index (χ1v) is 7.45. The number of hydrogen-bond acceptors (Lipinski definition) is 1. The second-order valence-electron chi connectivity index (χ2n) is 4.97. The van der Waals surface area contributed by atoms with Gasteiger partial charge in [-0.25, -0.2) is 0 Å². The Morgan fingerprint density at radius 1 is 1.44 bits per heavy atom. The van der Waals surface area contributed by atoms with Crippen molar-refractivity contribution in [2.45, 2.75) is 53.1 Å². The summed E-state index contributed by atoms with van der Waals surface area (Å²) < 4.78 is 2.96. The van der Waals surface area contributed by atoms with E-state index in [0.29, 0.717) is 5.92 Å². The van der Waals surface area contributed by atoms with Crippen LogP contribution in [-0.2, 0) is 6.54 Å². The zero-order valence-electron chi connectivity index (χ0n) is 11.7. The van der Waals surface area contributed by atoms with Crippen LogP contribution in [0.3, 0.4) is 0 Å². The lowest BCUT2D eigenvalue weighted by atomic mass is 10.0. The molecule has 0 bridgehead atoms. The third-order valence-corrected chi connectivity index (χ3v) is 3.56. The maximum absolute atomic E-state index is 12.3. The Balaban J connectivity index is 2.83. The fourth-order valence-corrected chi connectivity index (χ4v) is 2.54. The molecule has 1 aromatic heterocycles. The van der Waals surface area contributed by atoms with Gasteiger partial charge in [-0.3, -0.25) is 4.79 Å². The van der Waals surface area contributed by atoms with Crippen LogP contribution in [0.15, 0.2) is 16.7 Å². The lowest BCUT2D eigenvalue weighted by molar-refractivity contribution is 0.0915. The molecule has 0 radical (unpaired) electrons. The van der Waals surface area contributed by atoms with E-state index >= 15 is 0 Å². The lowest BCUT2D eigenvalue weighted by Crippen LogP contribution is -2.38. The molecule has 0 aliphatic carbocycles. The fraction of sp³-hybridized carbons (Fsp3) is 0.643. The summed E-state index contributed by atoms with van der Waals surface area (Å²) in [5.41, 5.74) is 0.739. The summed E-state index contributed by atoms with van der Waals surface area (Å²) in [4.78, 5) is 12.3. The van der Waals surface area contributed by atoms with E-state index in [-0.39, 0.29) is 11.9 Å². The second-order valence-corrected chi connectivity index (χ2v) is 5.88. The number of nitrogens with one attached hydrogen (secondary N) is 1. The molecule has 0 saturated heterocycles. The normalized spacial score (nSPS) is 12.8. The van der Waals surface area contributed by atoms with Crippen LogP contribution in [-0.4, -0.2) is 16.5 Å². The van der Waals surface area contributed by atoms with Crippen molar-refractivity contribution in [3.63, 3.8) is 0 Å². The Hall–Kier alpha value is -0.770. The minimum absolute atomic E-state index is 0.0229. The van der Waals surface area contributed by atoms with Gasteiger partial charge in [-0.15, -0.1) is 0 Å². The van der Waals surface area contributed by atoms with Gasteiger partial charge < -0.3 is 9.88 Å². The number of nitrogens with zero attached hydrogens (tertiary/aromatic N) is 1. The highest BCUT2D eigenvalue weighted by Crippen LogP contribution is 2.16. The highest BCUT2D eigenvalue weighted by molar-refractivity contribution is 9.10. The molecule has 1 aromatic rings. The summed E-state index contributed by atoms with van der Waals surface area (Å²) in [5.74, 6) is 0.478. The molecule has 1 heterocycles. The maximum Gasteiger partial charge on any atom is 0.268 e. The average Bonchev–Trinajstić information content (AvgIpc) is 2.67. The molecule has 102 valence electrons. The van der Waals surface area contributed by atoms with Crippen molar-refractivity contribution in [2.24, 2.45) is 5.92 Å². The summed E-state index contributed by atoms with van der Waals surface area (Å²) in [5, 5.41) is 3.11. The largest absolute Gasteiger partial charge is 0.348 e. The molecule has 0 aromatic carbocycles. The van der Waals surface area contributed by atoms with Crippen LogP contribution in [0.5, 0.6) is 0 Å². The Kier molecular flexibility index (Phi) is 5.93. The molecular weight excluding hydrogens is 292 g/mol. The Morgan fingerprint density at radius 3 is 2.61 bits per heavy atom. The molecule has 3 nitrogen and oxygen atoms in total. The van der Waals surface area contributed by atoms with Crippen molar-refractivity contribution >= 4 is 21.8 Å². The molecule has 1 N–H and O–H groups in total. The van der Waals surface area contributed by atoms with Crippen molar-refractivity contribution in [3.05, 3.63) is 22.4 Å². The highest BCUT2D eigenvalue weighted by Gasteiger charge is 2.18. The van der Waals surface area contributed by atoms with E-state index in [0.717, 1.165) is 29.6 Å². The number of carbonyl (C=O) groups excluding carboxylic acids is 1. The quantitative estimate of drug-likeness (QED) is 0.850. The number of amides is 1. The Labute approximate surface area is 118 Å². The molecule has 18 heavy (non-hydrogen) atoms. The molecular formula is C14H23BrN2O. The van der Waals surface area contributed by atoms with Crippen molar-refractivity contribution in [1.82, 2.24) is 9.88 Å². The lowest BCUT2D eigenvalue weighted by Gasteiger charge is -2.21. The maximum atomic E-state index is 12.3. The molecule has 0 spiro atoms. The Bertz CT molecular complexity index is 398. The molecule has 4 heteroatoms. The van der Waals surface area contributed by atoms with Crippen LogP contribution in [0, 0.1) is 5.92 Å². The highest BCUT2D eigenvalue weighted by atomic mass is 79.9. The van der Waals surface area contributed by atoms with E-state index in [9.17, 15) is 4.79 Å². The first-order chi connectivity index (χ1) is 8.49. The third kappa shape index (κ3) is 3.87. The summed E-state index contributed by atoms with van der Waals surface area (Å²) in [6.45, 7) is 9.35. The first kappa shape index (κ1) is 15.3. The smallest absolute Gasteiger partial charge is 0.268 e. The van der Waals surface area contributed by atoms with Crippen LogP contribution in [0.2, 0.25) is 0 Å². The summed E-state index contributed by atoms with van der Waals surface area (Å²) in [7, 11) is 0. The average molecular weight is 315 g/mol.